The van der Waals surface area contributed by atoms with Gasteiger partial charge in [-0.1, -0.05) is 42.5 Å². The number of benzene rings is 1. The number of rotatable bonds is 5. The molecule has 0 aromatic heterocycles. The zero-order valence-corrected chi connectivity index (χ0v) is 11.4. The topological polar surface area (TPSA) is 75.6 Å². The summed E-state index contributed by atoms with van der Waals surface area (Å²) in [6.07, 6.45) is 3.36. The molecule has 5 nitrogen and oxygen atoms in total. The molecule has 2 heterocycles. The van der Waals surface area contributed by atoms with E-state index in [9.17, 15) is 14.7 Å². The van der Waals surface area contributed by atoms with E-state index in [0.29, 0.717) is 6.54 Å². The van der Waals surface area contributed by atoms with Gasteiger partial charge in [-0.15, -0.1) is 0 Å². The fourth-order valence-corrected chi connectivity index (χ4v) is 3.01. The molecule has 2 aliphatic heterocycles. The number of hydrogen-bond acceptors (Lipinski definition) is 3. The van der Waals surface area contributed by atoms with Gasteiger partial charge in [0, 0.05) is 6.54 Å². The van der Waals surface area contributed by atoms with Gasteiger partial charge in [-0.05, 0) is 12.0 Å². The summed E-state index contributed by atoms with van der Waals surface area (Å²) >= 11 is 0. The van der Waals surface area contributed by atoms with Crippen molar-refractivity contribution in [2.75, 3.05) is 6.54 Å². The number of amides is 1. The lowest BCUT2D eigenvalue weighted by Gasteiger charge is -2.20. The smallest absolute Gasteiger partial charge is 0.310 e. The van der Waals surface area contributed by atoms with E-state index in [1.54, 1.807) is 12.2 Å². The largest absolute Gasteiger partial charge is 0.481 e. The number of carbonyl (C=O) groups excluding carboxylic acids is 1. The van der Waals surface area contributed by atoms with E-state index in [0.717, 1.165) is 12.0 Å². The van der Waals surface area contributed by atoms with Crippen LogP contribution >= 0.6 is 0 Å². The van der Waals surface area contributed by atoms with Gasteiger partial charge in [0.05, 0.1) is 18.1 Å². The van der Waals surface area contributed by atoms with Gasteiger partial charge in [0.25, 0.3) is 0 Å². The molecular weight excluding hydrogens is 270 g/mol. The molecule has 5 heteroatoms. The second-order valence-corrected chi connectivity index (χ2v) is 5.37. The third-order valence-corrected chi connectivity index (χ3v) is 4.04. The van der Waals surface area contributed by atoms with E-state index in [2.05, 4.69) is 5.32 Å². The predicted molar refractivity (Wildman–Crippen MR) is 75.6 cm³/mol. The highest BCUT2D eigenvalue weighted by Crippen LogP contribution is 2.39. The standard InChI is InChI=1S/C16H17NO4/c18-15(17-9-8-10-4-2-1-3-5-10)13-11-6-7-12(21-11)14(13)16(19)20/h1-7,11-14H,8-9H2,(H,17,18)(H,19,20)/t11-,12-,13+,14-/m0/s1. The third kappa shape index (κ3) is 2.69. The molecule has 21 heavy (non-hydrogen) atoms. The van der Waals surface area contributed by atoms with Gasteiger partial charge in [-0.3, -0.25) is 9.59 Å². The molecule has 0 spiro atoms. The Hall–Kier alpha value is -2.14. The van der Waals surface area contributed by atoms with E-state index in [4.69, 9.17) is 4.74 Å². The van der Waals surface area contributed by atoms with Crippen LogP contribution in [0.3, 0.4) is 0 Å². The number of fused-ring (bicyclic) bond motifs is 2. The fraction of sp³-hybridized carbons (Fsp3) is 0.375. The Morgan fingerprint density at radius 1 is 1.10 bits per heavy atom. The van der Waals surface area contributed by atoms with E-state index in [1.807, 2.05) is 30.3 Å². The van der Waals surface area contributed by atoms with Crippen LogP contribution in [0.25, 0.3) is 0 Å². The first-order valence-electron chi connectivity index (χ1n) is 7.05. The highest BCUT2D eigenvalue weighted by atomic mass is 16.5. The van der Waals surface area contributed by atoms with Crippen molar-refractivity contribution in [3.05, 3.63) is 48.0 Å². The Morgan fingerprint density at radius 2 is 1.76 bits per heavy atom. The van der Waals surface area contributed by atoms with Crippen LogP contribution in [0.4, 0.5) is 0 Å². The van der Waals surface area contributed by atoms with E-state index < -0.39 is 30.0 Å². The molecule has 2 aliphatic rings. The van der Waals surface area contributed by atoms with Gasteiger partial charge in [-0.2, -0.15) is 0 Å². The quantitative estimate of drug-likeness (QED) is 0.792. The normalized spacial score (nSPS) is 29.5. The fourth-order valence-electron chi connectivity index (χ4n) is 3.01. The molecule has 0 unspecified atom stereocenters. The van der Waals surface area contributed by atoms with Crippen LogP contribution < -0.4 is 5.32 Å². The van der Waals surface area contributed by atoms with Gasteiger partial charge in [0.1, 0.15) is 5.92 Å². The summed E-state index contributed by atoms with van der Waals surface area (Å²) < 4.78 is 5.49. The number of hydrogen-bond donors (Lipinski definition) is 2. The zero-order valence-electron chi connectivity index (χ0n) is 11.4. The molecule has 0 aliphatic carbocycles. The Morgan fingerprint density at radius 3 is 2.43 bits per heavy atom. The van der Waals surface area contributed by atoms with Crippen molar-refractivity contribution in [1.29, 1.82) is 0 Å². The maximum absolute atomic E-state index is 12.3. The molecule has 110 valence electrons. The summed E-state index contributed by atoms with van der Waals surface area (Å²) in [4.78, 5) is 23.6. The molecule has 1 amide bonds. The van der Waals surface area contributed by atoms with Crippen molar-refractivity contribution < 1.29 is 19.4 Å². The first-order valence-corrected chi connectivity index (χ1v) is 7.05. The van der Waals surface area contributed by atoms with Gasteiger partial charge in [0.2, 0.25) is 5.91 Å². The molecule has 2 N–H and O–H groups in total. The number of aliphatic carboxylic acids is 1. The molecule has 1 fully saturated rings. The molecule has 0 radical (unpaired) electrons. The Bertz CT molecular complexity index is 569. The summed E-state index contributed by atoms with van der Waals surface area (Å²) in [5, 5.41) is 12.1. The Balaban J connectivity index is 1.58. The summed E-state index contributed by atoms with van der Waals surface area (Å²) in [6, 6.07) is 9.84. The molecule has 1 saturated heterocycles. The lowest BCUT2D eigenvalue weighted by molar-refractivity contribution is -0.146. The zero-order chi connectivity index (χ0) is 14.8. The number of ether oxygens (including phenoxy) is 1. The van der Waals surface area contributed by atoms with Crippen LogP contribution in [0.5, 0.6) is 0 Å². The summed E-state index contributed by atoms with van der Waals surface area (Å²) in [7, 11) is 0. The number of carboxylic acid groups (broad SMARTS) is 1. The second kappa shape index (κ2) is 5.69. The van der Waals surface area contributed by atoms with Crippen molar-refractivity contribution in [3.63, 3.8) is 0 Å². The van der Waals surface area contributed by atoms with Crippen molar-refractivity contribution in [3.8, 4) is 0 Å². The Labute approximate surface area is 122 Å². The average Bonchev–Trinajstić information content (AvgIpc) is 3.08. The van der Waals surface area contributed by atoms with Crippen LogP contribution in [0, 0.1) is 11.8 Å². The maximum atomic E-state index is 12.3. The van der Waals surface area contributed by atoms with Crippen molar-refractivity contribution in [2.45, 2.75) is 18.6 Å². The van der Waals surface area contributed by atoms with Crippen LogP contribution in [0.1, 0.15) is 5.56 Å². The van der Waals surface area contributed by atoms with Crippen LogP contribution in [0.2, 0.25) is 0 Å². The highest BCUT2D eigenvalue weighted by Gasteiger charge is 2.53. The van der Waals surface area contributed by atoms with E-state index in [-0.39, 0.29) is 5.91 Å². The van der Waals surface area contributed by atoms with Gasteiger partial charge >= 0.3 is 5.97 Å². The van der Waals surface area contributed by atoms with E-state index in [1.165, 1.54) is 0 Å². The van der Waals surface area contributed by atoms with E-state index >= 15 is 0 Å². The first-order chi connectivity index (χ1) is 10.2. The van der Waals surface area contributed by atoms with Crippen LogP contribution in [0.15, 0.2) is 42.5 Å². The predicted octanol–water partition coefficient (Wildman–Crippen LogP) is 0.999. The summed E-state index contributed by atoms with van der Waals surface area (Å²) in [5.74, 6) is -2.63. The highest BCUT2D eigenvalue weighted by molar-refractivity contribution is 5.87. The maximum Gasteiger partial charge on any atom is 0.310 e. The second-order valence-electron chi connectivity index (χ2n) is 5.37. The molecule has 3 rings (SSSR count). The van der Waals surface area contributed by atoms with Crippen LogP contribution in [-0.4, -0.2) is 35.7 Å². The summed E-state index contributed by atoms with van der Waals surface area (Å²) in [5.41, 5.74) is 1.14. The van der Waals surface area contributed by atoms with Gasteiger partial charge in [0.15, 0.2) is 0 Å². The molecule has 0 saturated carbocycles. The van der Waals surface area contributed by atoms with Crippen molar-refractivity contribution in [2.24, 2.45) is 11.8 Å². The SMILES string of the molecule is O=C(O)[C@@H]1[C@H](C(=O)NCCc2ccccc2)[C@@H]2C=C[C@@H]1O2. The first kappa shape index (κ1) is 13.8. The monoisotopic (exact) mass is 287 g/mol. The lowest BCUT2D eigenvalue weighted by atomic mass is 9.82. The molecule has 1 aromatic rings. The van der Waals surface area contributed by atoms with Crippen LogP contribution in [-0.2, 0) is 20.7 Å². The average molecular weight is 287 g/mol. The summed E-state index contributed by atoms with van der Waals surface area (Å²) in [6.45, 7) is 0.493. The minimum atomic E-state index is -0.977. The van der Waals surface area contributed by atoms with Gasteiger partial charge in [-0.25, -0.2) is 0 Å². The number of nitrogens with one attached hydrogen (secondary N) is 1. The van der Waals surface area contributed by atoms with Crippen molar-refractivity contribution in [1.82, 2.24) is 5.32 Å². The molecule has 1 aromatic carbocycles. The lowest BCUT2D eigenvalue weighted by Crippen LogP contribution is -2.43. The number of carboxylic acids is 1. The number of carbonyl (C=O) groups is 2. The minimum absolute atomic E-state index is 0.241. The minimum Gasteiger partial charge on any atom is -0.481 e. The van der Waals surface area contributed by atoms with Crippen molar-refractivity contribution >= 4 is 11.9 Å². The molecule has 4 atom stereocenters. The third-order valence-electron chi connectivity index (χ3n) is 4.04. The molecular formula is C16H17NO4. The Kier molecular flexibility index (Phi) is 3.75. The molecule has 2 bridgehead atoms. The van der Waals surface area contributed by atoms with Gasteiger partial charge < -0.3 is 15.2 Å².